The minimum atomic E-state index is 0.737. The Morgan fingerprint density at radius 1 is 1.35 bits per heavy atom. The van der Waals surface area contributed by atoms with Gasteiger partial charge in [0.1, 0.15) is 0 Å². The van der Waals surface area contributed by atoms with Crippen LogP contribution < -0.4 is 5.32 Å². The van der Waals surface area contributed by atoms with Crippen LogP contribution in [0.1, 0.15) is 25.3 Å². The Bertz CT molecular complexity index is 555. The fourth-order valence-corrected chi connectivity index (χ4v) is 2.96. The number of nitrogens with zero attached hydrogens (tertiary/aromatic N) is 3. The van der Waals surface area contributed by atoms with Crippen molar-refractivity contribution in [2.75, 3.05) is 13.1 Å². The van der Waals surface area contributed by atoms with Crippen molar-refractivity contribution in [2.45, 2.75) is 32.7 Å². The summed E-state index contributed by atoms with van der Waals surface area (Å²) in [6, 6.07) is 6.33. The van der Waals surface area contributed by atoms with Gasteiger partial charge in [0.25, 0.3) is 0 Å². The zero-order valence-corrected chi connectivity index (χ0v) is 12.0. The maximum absolute atomic E-state index is 4.62. The second-order valence-corrected chi connectivity index (χ2v) is 5.51. The maximum Gasteiger partial charge on any atom is 0.0914 e. The number of nitrogens with one attached hydrogen (secondary N) is 1. The van der Waals surface area contributed by atoms with Gasteiger partial charge in [0.2, 0.25) is 0 Å². The number of rotatable bonds is 5. The third-order valence-electron chi connectivity index (χ3n) is 3.96. The molecule has 106 valence electrons. The van der Waals surface area contributed by atoms with Gasteiger partial charge in [-0.1, -0.05) is 13.0 Å². The smallest absolute Gasteiger partial charge is 0.0914 e. The highest BCUT2D eigenvalue weighted by Gasteiger charge is 2.18. The molecule has 20 heavy (non-hydrogen) atoms. The topological polar surface area (TPSA) is 42.7 Å². The van der Waals surface area contributed by atoms with Gasteiger partial charge in [-0.25, -0.2) is 0 Å². The molecule has 0 aromatic carbocycles. The highest BCUT2D eigenvalue weighted by molar-refractivity contribution is 5.59. The second kappa shape index (κ2) is 6.18. The van der Waals surface area contributed by atoms with Crippen LogP contribution in [0.3, 0.4) is 0 Å². The molecule has 1 N–H and O–H groups in total. The predicted molar refractivity (Wildman–Crippen MR) is 80.4 cm³/mol. The second-order valence-electron chi connectivity index (χ2n) is 5.51. The van der Waals surface area contributed by atoms with Crippen molar-refractivity contribution >= 4 is 0 Å². The van der Waals surface area contributed by atoms with Gasteiger partial charge in [-0.15, -0.1) is 0 Å². The molecule has 3 rings (SSSR count). The molecule has 1 saturated heterocycles. The molecular formula is C16H22N4. The van der Waals surface area contributed by atoms with Crippen molar-refractivity contribution in [3.05, 3.63) is 36.2 Å². The number of hydrogen-bond acceptors (Lipinski definition) is 3. The summed E-state index contributed by atoms with van der Waals surface area (Å²) in [7, 11) is 0. The van der Waals surface area contributed by atoms with E-state index in [-0.39, 0.29) is 0 Å². The minimum Gasteiger partial charge on any atom is -0.316 e. The SMILES string of the molecule is CCCn1nccc1-c1ncccc1CC1CCNC1. The van der Waals surface area contributed by atoms with Crippen LogP contribution in [0.5, 0.6) is 0 Å². The first-order valence-corrected chi connectivity index (χ1v) is 7.55. The van der Waals surface area contributed by atoms with Crippen LogP contribution in [0.25, 0.3) is 11.4 Å². The van der Waals surface area contributed by atoms with E-state index in [9.17, 15) is 0 Å². The molecule has 4 heteroatoms. The molecule has 1 aliphatic rings. The van der Waals surface area contributed by atoms with Crippen LogP contribution in [-0.4, -0.2) is 27.9 Å². The molecule has 0 radical (unpaired) electrons. The predicted octanol–water partition coefficient (Wildman–Crippen LogP) is 2.51. The van der Waals surface area contributed by atoms with Gasteiger partial charge >= 0.3 is 0 Å². The average molecular weight is 270 g/mol. The van der Waals surface area contributed by atoms with Crippen molar-refractivity contribution in [3.8, 4) is 11.4 Å². The van der Waals surface area contributed by atoms with Gasteiger partial charge in [-0.3, -0.25) is 9.67 Å². The highest BCUT2D eigenvalue weighted by Crippen LogP contribution is 2.25. The number of aromatic nitrogens is 3. The molecule has 1 unspecified atom stereocenters. The molecule has 0 amide bonds. The summed E-state index contributed by atoms with van der Waals surface area (Å²) in [4.78, 5) is 4.62. The molecule has 0 spiro atoms. The molecule has 3 heterocycles. The molecular weight excluding hydrogens is 248 g/mol. The number of hydrogen-bond donors (Lipinski definition) is 1. The summed E-state index contributed by atoms with van der Waals surface area (Å²) < 4.78 is 2.07. The van der Waals surface area contributed by atoms with E-state index >= 15 is 0 Å². The van der Waals surface area contributed by atoms with Crippen molar-refractivity contribution < 1.29 is 0 Å². The summed E-state index contributed by atoms with van der Waals surface area (Å²) >= 11 is 0. The van der Waals surface area contributed by atoms with Gasteiger partial charge in [0.05, 0.1) is 11.4 Å². The van der Waals surface area contributed by atoms with E-state index in [1.54, 1.807) is 0 Å². The number of pyridine rings is 1. The Morgan fingerprint density at radius 3 is 3.10 bits per heavy atom. The van der Waals surface area contributed by atoms with E-state index < -0.39 is 0 Å². The Morgan fingerprint density at radius 2 is 2.30 bits per heavy atom. The first-order valence-electron chi connectivity index (χ1n) is 7.55. The monoisotopic (exact) mass is 270 g/mol. The molecule has 1 aliphatic heterocycles. The van der Waals surface area contributed by atoms with Crippen LogP contribution >= 0.6 is 0 Å². The van der Waals surface area contributed by atoms with Crippen LogP contribution in [0.15, 0.2) is 30.6 Å². The van der Waals surface area contributed by atoms with E-state index in [4.69, 9.17) is 0 Å². The molecule has 2 aromatic heterocycles. The lowest BCUT2D eigenvalue weighted by molar-refractivity contribution is 0.577. The van der Waals surface area contributed by atoms with Gasteiger partial charge in [0, 0.05) is 18.9 Å². The quantitative estimate of drug-likeness (QED) is 0.907. The van der Waals surface area contributed by atoms with Crippen LogP contribution in [0.2, 0.25) is 0 Å². The van der Waals surface area contributed by atoms with Crippen molar-refractivity contribution in [1.29, 1.82) is 0 Å². The van der Waals surface area contributed by atoms with E-state index in [0.717, 1.165) is 49.8 Å². The van der Waals surface area contributed by atoms with Crippen LogP contribution in [0.4, 0.5) is 0 Å². The van der Waals surface area contributed by atoms with Crippen LogP contribution in [-0.2, 0) is 13.0 Å². The van der Waals surface area contributed by atoms with E-state index in [1.165, 1.54) is 12.0 Å². The molecule has 0 saturated carbocycles. The van der Waals surface area contributed by atoms with Gasteiger partial charge in [0.15, 0.2) is 0 Å². The highest BCUT2D eigenvalue weighted by atomic mass is 15.3. The normalized spacial score (nSPS) is 18.6. The largest absolute Gasteiger partial charge is 0.316 e. The Kier molecular flexibility index (Phi) is 4.11. The fourth-order valence-electron chi connectivity index (χ4n) is 2.96. The lowest BCUT2D eigenvalue weighted by atomic mass is 9.96. The van der Waals surface area contributed by atoms with Crippen molar-refractivity contribution in [3.63, 3.8) is 0 Å². The Labute approximate surface area is 120 Å². The first kappa shape index (κ1) is 13.3. The lowest BCUT2D eigenvalue weighted by Crippen LogP contribution is -2.12. The minimum absolute atomic E-state index is 0.737. The van der Waals surface area contributed by atoms with Gasteiger partial charge < -0.3 is 5.32 Å². The molecule has 0 bridgehead atoms. The fraction of sp³-hybridized carbons (Fsp3) is 0.500. The molecule has 2 aromatic rings. The summed E-state index contributed by atoms with van der Waals surface area (Å²) in [6.45, 7) is 5.40. The van der Waals surface area contributed by atoms with Crippen molar-refractivity contribution in [1.82, 2.24) is 20.1 Å². The maximum atomic E-state index is 4.62. The van der Waals surface area contributed by atoms with Gasteiger partial charge in [-0.2, -0.15) is 5.10 Å². The van der Waals surface area contributed by atoms with Crippen molar-refractivity contribution in [2.24, 2.45) is 5.92 Å². The van der Waals surface area contributed by atoms with E-state index in [0.29, 0.717) is 0 Å². The van der Waals surface area contributed by atoms with Gasteiger partial charge in [-0.05, 0) is 56.0 Å². The number of aryl methyl sites for hydroxylation is 1. The average Bonchev–Trinajstić information content (AvgIpc) is 3.12. The standard InChI is InChI=1S/C16H22N4/c1-2-10-20-15(6-9-19-20)16-14(4-3-7-18-16)11-13-5-8-17-12-13/h3-4,6-7,9,13,17H,2,5,8,10-12H2,1H3. The summed E-state index contributed by atoms with van der Waals surface area (Å²) in [5, 5.41) is 7.86. The molecule has 1 fully saturated rings. The summed E-state index contributed by atoms with van der Waals surface area (Å²) in [5.41, 5.74) is 3.60. The van der Waals surface area contributed by atoms with E-state index in [1.807, 2.05) is 18.5 Å². The third-order valence-corrected chi connectivity index (χ3v) is 3.96. The zero-order chi connectivity index (χ0) is 13.8. The lowest BCUT2D eigenvalue weighted by Gasteiger charge is -2.13. The molecule has 1 atom stereocenters. The third kappa shape index (κ3) is 2.75. The summed E-state index contributed by atoms with van der Waals surface area (Å²) in [6.07, 6.45) is 7.22. The Hall–Kier alpha value is -1.68. The Balaban J connectivity index is 1.90. The summed E-state index contributed by atoms with van der Waals surface area (Å²) in [5.74, 6) is 0.737. The zero-order valence-electron chi connectivity index (χ0n) is 12.0. The van der Waals surface area contributed by atoms with Crippen LogP contribution in [0, 0.1) is 5.92 Å². The molecule has 0 aliphatic carbocycles. The first-order chi connectivity index (χ1) is 9.88. The molecule has 4 nitrogen and oxygen atoms in total. The van der Waals surface area contributed by atoms with E-state index in [2.05, 4.69) is 39.1 Å².